The van der Waals surface area contributed by atoms with Crippen molar-refractivity contribution in [2.75, 3.05) is 25.5 Å². The summed E-state index contributed by atoms with van der Waals surface area (Å²) in [6, 6.07) is 4.46. The van der Waals surface area contributed by atoms with E-state index >= 15 is 0 Å². The highest BCUT2D eigenvalue weighted by Gasteiger charge is 2.37. The first kappa shape index (κ1) is 28.0. The van der Waals surface area contributed by atoms with Gasteiger partial charge in [-0.1, -0.05) is 0 Å². The summed E-state index contributed by atoms with van der Waals surface area (Å²) in [6.07, 6.45) is -2.88. The second-order valence-electron chi connectivity index (χ2n) is 9.41. The first-order valence-corrected chi connectivity index (χ1v) is 12.0. The molecule has 0 bridgehead atoms. The van der Waals surface area contributed by atoms with Crippen molar-refractivity contribution in [1.82, 2.24) is 30.2 Å². The van der Waals surface area contributed by atoms with Crippen LogP contribution in [0.1, 0.15) is 36.9 Å². The molecule has 4 N–H and O–H groups in total. The van der Waals surface area contributed by atoms with Gasteiger partial charge in [-0.3, -0.25) is 0 Å². The van der Waals surface area contributed by atoms with Crippen LogP contribution in [0.15, 0.2) is 24.5 Å². The number of amides is 1. The Morgan fingerprint density at radius 1 is 1.23 bits per heavy atom. The minimum Gasteiger partial charge on any atom is -0.465 e. The molecule has 1 fully saturated rings. The molecule has 3 aromatic heterocycles. The average Bonchev–Trinajstić information content (AvgIpc) is 3.49. The summed E-state index contributed by atoms with van der Waals surface area (Å²) in [5.41, 5.74) is -0.870. The van der Waals surface area contributed by atoms with Crippen molar-refractivity contribution in [2.24, 2.45) is 0 Å². The van der Waals surface area contributed by atoms with Gasteiger partial charge in [-0.05, 0) is 31.4 Å². The lowest BCUT2D eigenvalue weighted by Crippen LogP contribution is -2.40. The molecule has 0 radical (unpaired) electrons. The summed E-state index contributed by atoms with van der Waals surface area (Å²) in [5, 5.41) is 24.3. The van der Waals surface area contributed by atoms with Crippen LogP contribution in [0.25, 0.3) is 22.3 Å². The number of aromatic nitrogens is 4. The van der Waals surface area contributed by atoms with Crippen molar-refractivity contribution in [3.8, 4) is 17.3 Å². The monoisotopic (exact) mass is 552 g/mol. The second-order valence-corrected chi connectivity index (χ2v) is 9.41. The van der Waals surface area contributed by atoms with Crippen LogP contribution in [0.5, 0.6) is 0 Å². The maximum atomic E-state index is 14.0. The van der Waals surface area contributed by atoms with E-state index < -0.39 is 36.7 Å². The van der Waals surface area contributed by atoms with Crippen LogP contribution in [-0.2, 0) is 6.18 Å². The van der Waals surface area contributed by atoms with Crippen molar-refractivity contribution in [2.45, 2.75) is 49.9 Å². The van der Waals surface area contributed by atoms with Gasteiger partial charge in [-0.15, -0.1) is 0 Å². The van der Waals surface area contributed by atoms with Crippen LogP contribution in [0.2, 0.25) is 0 Å². The fourth-order valence-corrected chi connectivity index (χ4v) is 4.56. The fraction of sp³-hybridized carbons (Fsp3) is 0.458. The Bertz CT molecular complexity index is 1390. The van der Waals surface area contributed by atoms with E-state index in [4.69, 9.17) is 10.4 Å². The van der Waals surface area contributed by atoms with Gasteiger partial charge < -0.3 is 25.6 Å². The first-order valence-electron chi connectivity index (χ1n) is 12.0. The molecular weight excluding hydrogens is 527 g/mol. The zero-order chi connectivity index (χ0) is 28.4. The van der Waals surface area contributed by atoms with Crippen LogP contribution >= 0.6 is 0 Å². The standard InChI is InChI=1S/C24H25F5N8O2/c1-37(22(38)39)12-23(25,26)6-7-31-13-2-3-14(8-13)35-21-33-11-18(24(27,28)29)19(36-21)17-10-32-20-16(17)5-4-15(9-30)34-20/h4-5,10-11,13-14,31H,2-3,6-8,12H2,1H3,(H,32,34)(H,38,39)(H,33,35,36)/t13-,14-/m0/s1. The maximum absolute atomic E-state index is 14.0. The third-order valence-corrected chi connectivity index (χ3v) is 6.49. The van der Waals surface area contributed by atoms with E-state index in [0.29, 0.717) is 35.7 Å². The smallest absolute Gasteiger partial charge is 0.419 e. The van der Waals surface area contributed by atoms with Gasteiger partial charge in [0.1, 0.15) is 23.0 Å². The molecule has 1 aliphatic rings. The van der Waals surface area contributed by atoms with Gasteiger partial charge in [0.25, 0.3) is 5.92 Å². The molecule has 0 spiro atoms. The summed E-state index contributed by atoms with van der Waals surface area (Å²) in [7, 11) is 1.07. The molecule has 15 heteroatoms. The molecule has 1 aliphatic carbocycles. The normalized spacial score (nSPS) is 17.8. The Morgan fingerprint density at radius 2 is 1.97 bits per heavy atom. The highest BCUT2D eigenvalue weighted by Crippen LogP contribution is 2.38. The molecule has 4 rings (SSSR count). The number of H-pyrrole nitrogens is 1. The Hall–Kier alpha value is -4.06. The van der Waals surface area contributed by atoms with Crippen molar-refractivity contribution in [1.29, 1.82) is 5.26 Å². The molecule has 1 saturated carbocycles. The number of carbonyl (C=O) groups is 1. The van der Waals surface area contributed by atoms with E-state index in [1.54, 1.807) is 0 Å². The Kier molecular flexibility index (Phi) is 7.86. The fourth-order valence-electron chi connectivity index (χ4n) is 4.56. The Morgan fingerprint density at radius 3 is 2.67 bits per heavy atom. The summed E-state index contributed by atoms with van der Waals surface area (Å²) in [6.45, 7) is -0.931. The second kappa shape index (κ2) is 11.0. The van der Waals surface area contributed by atoms with Crippen molar-refractivity contribution < 1.29 is 31.9 Å². The first-order chi connectivity index (χ1) is 18.4. The number of fused-ring (bicyclic) bond motifs is 1. The summed E-state index contributed by atoms with van der Waals surface area (Å²) < 4.78 is 69.4. The number of rotatable bonds is 9. The van der Waals surface area contributed by atoms with E-state index in [2.05, 4.69) is 30.6 Å². The van der Waals surface area contributed by atoms with Gasteiger partial charge in [-0.25, -0.2) is 28.5 Å². The lowest BCUT2D eigenvalue weighted by atomic mass is 10.1. The van der Waals surface area contributed by atoms with Crippen molar-refractivity contribution in [3.05, 3.63) is 35.8 Å². The van der Waals surface area contributed by atoms with Crippen LogP contribution in [0, 0.1) is 11.3 Å². The van der Waals surface area contributed by atoms with Gasteiger partial charge in [0.15, 0.2) is 0 Å². The van der Waals surface area contributed by atoms with E-state index in [0.717, 1.165) is 7.05 Å². The molecular formula is C24H25F5N8O2. The van der Waals surface area contributed by atoms with Gasteiger partial charge in [0, 0.05) is 55.4 Å². The maximum Gasteiger partial charge on any atom is 0.419 e. The summed E-state index contributed by atoms with van der Waals surface area (Å²) >= 11 is 0. The number of hydrogen-bond donors (Lipinski definition) is 4. The molecule has 3 aromatic rings. The zero-order valence-electron chi connectivity index (χ0n) is 20.7. The molecule has 2 atom stereocenters. The number of carboxylic acid groups (broad SMARTS) is 1. The minimum atomic E-state index is -4.72. The minimum absolute atomic E-state index is 0.0113. The molecule has 10 nitrogen and oxygen atoms in total. The Labute approximate surface area is 219 Å². The third kappa shape index (κ3) is 6.69. The largest absolute Gasteiger partial charge is 0.465 e. The lowest BCUT2D eigenvalue weighted by molar-refractivity contribution is -0.137. The number of aromatic amines is 1. The molecule has 0 aliphatic heterocycles. The topological polar surface area (TPSA) is 143 Å². The van der Waals surface area contributed by atoms with E-state index in [-0.39, 0.29) is 47.2 Å². The number of hydrogen-bond acceptors (Lipinski definition) is 7. The van der Waals surface area contributed by atoms with E-state index in [1.807, 2.05) is 6.07 Å². The number of nitriles is 1. The lowest BCUT2D eigenvalue weighted by Gasteiger charge is -2.22. The van der Waals surface area contributed by atoms with Crippen LogP contribution < -0.4 is 10.6 Å². The number of halogens is 5. The number of alkyl halides is 5. The molecule has 39 heavy (non-hydrogen) atoms. The predicted octanol–water partition coefficient (Wildman–Crippen LogP) is 4.47. The molecule has 3 heterocycles. The van der Waals surface area contributed by atoms with Crippen molar-refractivity contribution in [3.63, 3.8) is 0 Å². The van der Waals surface area contributed by atoms with Crippen LogP contribution in [0.4, 0.5) is 32.7 Å². The highest BCUT2D eigenvalue weighted by atomic mass is 19.4. The number of nitrogens with zero attached hydrogens (tertiary/aromatic N) is 5. The molecule has 0 aromatic carbocycles. The van der Waals surface area contributed by atoms with Gasteiger partial charge in [0.2, 0.25) is 5.95 Å². The Balaban J connectivity index is 1.43. The van der Waals surface area contributed by atoms with Gasteiger partial charge in [-0.2, -0.15) is 18.4 Å². The number of anilines is 1. The van der Waals surface area contributed by atoms with Gasteiger partial charge >= 0.3 is 12.3 Å². The van der Waals surface area contributed by atoms with E-state index in [1.165, 1.54) is 18.3 Å². The SMILES string of the molecule is CN(CC(F)(F)CCN[C@H]1CC[C@H](Nc2ncc(C(F)(F)F)c(-c3c[nH]c4nc(C#N)ccc34)n2)C1)C(=O)O. The summed E-state index contributed by atoms with van der Waals surface area (Å²) in [4.78, 5) is 26.2. The zero-order valence-corrected chi connectivity index (χ0v) is 20.7. The number of nitrogens with one attached hydrogen (secondary N) is 3. The molecule has 208 valence electrons. The van der Waals surface area contributed by atoms with Crippen LogP contribution in [0.3, 0.4) is 0 Å². The predicted molar refractivity (Wildman–Crippen MR) is 130 cm³/mol. The molecule has 0 unspecified atom stereocenters. The van der Waals surface area contributed by atoms with Crippen LogP contribution in [-0.4, -0.2) is 74.2 Å². The molecule has 1 amide bonds. The number of pyridine rings is 1. The van der Waals surface area contributed by atoms with Crippen molar-refractivity contribution >= 4 is 23.1 Å². The average molecular weight is 553 g/mol. The quantitative estimate of drug-likeness (QED) is 0.285. The third-order valence-electron chi connectivity index (χ3n) is 6.49. The highest BCUT2D eigenvalue weighted by molar-refractivity contribution is 5.93. The molecule has 0 saturated heterocycles. The van der Waals surface area contributed by atoms with E-state index in [9.17, 15) is 26.7 Å². The van der Waals surface area contributed by atoms with Gasteiger partial charge in [0.05, 0.1) is 12.2 Å². The summed E-state index contributed by atoms with van der Waals surface area (Å²) in [5.74, 6) is -3.20.